The fraction of sp³-hybridized carbons (Fsp3) is 0.615. The fourth-order valence-electron chi connectivity index (χ4n) is 3.40. The molecule has 0 aromatic heterocycles. The Morgan fingerprint density at radius 2 is 1.81 bits per heavy atom. The summed E-state index contributed by atoms with van der Waals surface area (Å²) in [4.78, 5) is 24.1. The van der Waals surface area contributed by atoms with E-state index in [1.54, 1.807) is 12.2 Å². The van der Waals surface area contributed by atoms with Crippen LogP contribution in [0.5, 0.6) is 0 Å². The molecular formula is C26H40O6. The van der Waals surface area contributed by atoms with Crippen molar-refractivity contribution in [3.63, 3.8) is 0 Å². The zero-order chi connectivity index (χ0) is 24.5. The number of carbonyl (C=O) groups excluding carboxylic acids is 2. The van der Waals surface area contributed by atoms with E-state index in [1.165, 1.54) is 7.11 Å². The van der Waals surface area contributed by atoms with Crippen LogP contribution in [0.3, 0.4) is 0 Å². The van der Waals surface area contributed by atoms with Crippen LogP contribution in [0.4, 0.5) is 0 Å². The lowest BCUT2D eigenvalue weighted by Crippen LogP contribution is -2.27. The van der Waals surface area contributed by atoms with E-state index in [0.29, 0.717) is 12.8 Å². The molecule has 1 aromatic carbocycles. The van der Waals surface area contributed by atoms with Gasteiger partial charge in [-0.1, -0.05) is 50.1 Å². The first kappa shape index (κ1) is 27.9. The van der Waals surface area contributed by atoms with Crippen LogP contribution >= 0.6 is 0 Å². The van der Waals surface area contributed by atoms with Crippen molar-refractivity contribution in [3.8, 4) is 0 Å². The number of rotatable bonds is 12. The number of aliphatic hydroxyl groups is 2. The molecule has 1 rings (SSSR count). The number of benzene rings is 1. The van der Waals surface area contributed by atoms with E-state index in [4.69, 9.17) is 4.74 Å². The van der Waals surface area contributed by atoms with Gasteiger partial charge in [-0.05, 0) is 51.7 Å². The highest BCUT2D eigenvalue weighted by atomic mass is 16.5. The van der Waals surface area contributed by atoms with Crippen molar-refractivity contribution >= 4 is 18.0 Å². The normalized spacial score (nSPS) is 14.8. The van der Waals surface area contributed by atoms with Gasteiger partial charge in [0.25, 0.3) is 0 Å². The zero-order valence-corrected chi connectivity index (χ0v) is 20.6. The molecule has 0 aliphatic heterocycles. The molecular weight excluding hydrogens is 408 g/mol. The van der Waals surface area contributed by atoms with E-state index in [2.05, 4.69) is 11.7 Å². The number of hydrogen-bond donors (Lipinski definition) is 2. The summed E-state index contributed by atoms with van der Waals surface area (Å²) in [5.41, 5.74) is 3.30. The Balaban J connectivity index is 3.18. The van der Waals surface area contributed by atoms with Crippen LogP contribution in [-0.4, -0.2) is 41.5 Å². The van der Waals surface area contributed by atoms with Gasteiger partial charge < -0.3 is 19.7 Å². The molecule has 1 aromatic rings. The summed E-state index contributed by atoms with van der Waals surface area (Å²) in [6.07, 6.45) is 3.16. The van der Waals surface area contributed by atoms with Crippen molar-refractivity contribution in [2.45, 2.75) is 92.0 Å². The minimum absolute atomic E-state index is 0.0178. The van der Waals surface area contributed by atoms with Gasteiger partial charge in [0.05, 0.1) is 31.2 Å². The summed E-state index contributed by atoms with van der Waals surface area (Å²) in [6, 6.07) is 4.07. The van der Waals surface area contributed by atoms with Gasteiger partial charge in [0.15, 0.2) is 0 Å². The summed E-state index contributed by atoms with van der Waals surface area (Å²) in [7, 11) is 1.26. The number of esters is 2. The maximum atomic E-state index is 12.8. The lowest BCUT2D eigenvalue weighted by atomic mass is 9.89. The number of aliphatic hydroxyl groups excluding tert-OH is 2. The maximum absolute atomic E-state index is 12.8. The van der Waals surface area contributed by atoms with Crippen molar-refractivity contribution < 1.29 is 29.3 Å². The van der Waals surface area contributed by atoms with Crippen molar-refractivity contribution in [3.05, 3.63) is 40.5 Å². The van der Waals surface area contributed by atoms with Crippen LogP contribution < -0.4 is 0 Å². The Hall–Kier alpha value is -2.18. The molecule has 0 bridgehead atoms. The van der Waals surface area contributed by atoms with E-state index in [9.17, 15) is 19.8 Å². The van der Waals surface area contributed by atoms with Crippen molar-refractivity contribution in [2.75, 3.05) is 7.11 Å². The Morgan fingerprint density at radius 1 is 1.16 bits per heavy atom. The van der Waals surface area contributed by atoms with Gasteiger partial charge >= 0.3 is 11.9 Å². The zero-order valence-electron chi connectivity index (χ0n) is 20.6. The standard InChI is InChI=1S/C26H40O6/c1-8-10-23(32-25(30)26(5,6)9-2)22-14-17(3)13-18(4)21(22)12-11-19(27)15-20(28)16-24(29)31-7/h11-14,19-20,23,27-28H,8-10,15-16H2,1-7H3/t19-,20-,23?/m1/s1. The van der Waals surface area contributed by atoms with E-state index >= 15 is 0 Å². The number of hydrogen-bond acceptors (Lipinski definition) is 6. The van der Waals surface area contributed by atoms with Gasteiger partial charge in [0.2, 0.25) is 0 Å². The third-order valence-electron chi connectivity index (χ3n) is 5.78. The monoisotopic (exact) mass is 448 g/mol. The highest BCUT2D eigenvalue weighted by Crippen LogP contribution is 2.33. The van der Waals surface area contributed by atoms with E-state index in [0.717, 1.165) is 28.7 Å². The fourth-order valence-corrected chi connectivity index (χ4v) is 3.40. The Bertz CT molecular complexity index is 796. The molecule has 6 nitrogen and oxygen atoms in total. The average molecular weight is 449 g/mol. The van der Waals surface area contributed by atoms with E-state index < -0.39 is 29.7 Å². The molecule has 6 heteroatoms. The SMILES string of the molecule is CCCC(OC(=O)C(C)(C)CC)c1cc(C)cc(C)c1C=C[C@@H](O)C[C@@H](O)CC(=O)OC. The molecule has 3 atom stereocenters. The molecule has 2 N–H and O–H groups in total. The molecule has 0 radical (unpaired) electrons. The van der Waals surface area contributed by atoms with Gasteiger partial charge in [-0.25, -0.2) is 0 Å². The quantitative estimate of drug-likeness (QED) is 0.446. The van der Waals surface area contributed by atoms with Crippen molar-refractivity contribution in [2.24, 2.45) is 5.41 Å². The topological polar surface area (TPSA) is 93.1 Å². The average Bonchev–Trinajstić information content (AvgIpc) is 2.71. The van der Waals surface area contributed by atoms with E-state index in [-0.39, 0.29) is 18.8 Å². The molecule has 0 fully saturated rings. The highest BCUT2D eigenvalue weighted by molar-refractivity contribution is 5.76. The summed E-state index contributed by atoms with van der Waals surface area (Å²) >= 11 is 0. The lowest BCUT2D eigenvalue weighted by molar-refractivity contribution is -0.160. The van der Waals surface area contributed by atoms with Crippen LogP contribution in [0, 0.1) is 19.3 Å². The van der Waals surface area contributed by atoms with Gasteiger partial charge in [-0.15, -0.1) is 0 Å². The lowest BCUT2D eigenvalue weighted by Gasteiger charge is -2.27. The number of carbonyl (C=O) groups is 2. The molecule has 180 valence electrons. The van der Waals surface area contributed by atoms with Crippen molar-refractivity contribution in [1.82, 2.24) is 0 Å². The minimum Gasteiger partial charge on any atom is -0.469 e. The van der Waals surface area contributed by atoms with Gasteiger partial charge in [-0.2, -0.15) is 0 Å². The highest BCUT2D eigenvalue weighted by Gasteiger charge is 2.30. The maximum Gasteiger partial charge on any atom is 0.312 e. The molecule has 0 saturated heterocycles. The molecule has 0 spiro atoms. The number of methoxy groups -OCH3 is 1. The molecule has 0 saturated carbocycles. The number of aryl methyl sites for hydroxylation is 2. The minimum atomic E-state index is -0.995. The molecule has 0 amide bonds. The van der Waals surface area contributed by atoms with E-state index in [1.807, 2.05) is 46.8 Å². The Morgan fingerprint density at radius 3 is 2.38 bits per heavy atom. The summed E-state index contributed by atoms with van der Waals surface area (Å²) in [5.74, 6) is -0.747. The summed E-state index contributed by atoms with van der Waals surface area (Å²) in [6.45, 7) is 11.8. The second kappa shape index (κ2) is 12.8. The van der Waals surface area contributed by atoms with Gasteiger partial charge in [0, 0.05) is 12.0 Å². The van der Waals surface area contributed by atoms with Crippen molar-refractivity contribution in [1.29, 1.82) is 0 Å². The van der Waals surface area contributed by atoms with Gasteiger partial charge in [0.1, 0.15) is 6.10 Å². The Kier molecular flexibility index (Phi) is 11.1. The largest absolute Gasteiger partial charge is 0.469 e. The summed E-state index contributed by atoms with van der Waals surface area (Å²) < 4.78 is 10.5. The van der Waals surface area contributed by atoms with Crippen LogP contribution in [0.15, 0.2) is 18.2 Å². The van der Waals surface area contributed by atoms with Crippen LogP contribution in [0.2, 0.25) is 0 Å². The first-order chi connectivity index (χ1) is 14.9. The second-order valence-electron chi connectivity index (χ2n) is 9.10. The van der Waals surface area contributed by atoms with Crippen LogP contribution in [0.25, 0.3) is 6.08 Å². The molecule has 32 heavy (non-hydrogen) atoms. The van der Waals surface area contributed by atoms with Gasteiger partial charge in [-0.3, -0.25) is 9.59 Å². The Labute approximate surface area is 192 Å². The molecule has 0 aliphatic rings. The number of ether oxygens (including phenoxy) is 2. The third kappa shape index (κ3) is 8.40. The predicted molar refractivity (Wildman–Crippen MR) is 126 cm³/mol. The molecule has 1 unspecified atom stereocenters. The predicted octanol–water partition coefficient (Wildman–Crippen LogP) is 4.81. The molecule has 0 aliphatic carbocycles. The second-order valence-corrected chi connectivity index (χ2v) is 9.10. The first-order valence-corrected chi connectivity index (χ1v) is 11.4. The summed E-state index contributed by atoms with van der Waals surface area (Å²) in [5, 5.41) is 20.3. The first-order valence-electron chi connectivity index (χ1n) is 11.4. The van der Waals surface area contributed by atoms with Crippen LogP contribution in [0.1, 0.15) is 88.2 Å². The third-order valence-corrected chi connectivity index (χ3v) is 5.78. The van der Waals surface area contributed by atoms with Crippen LogP contribution in [-0.2, 0) is 19.1 Å². The molecule has 0 heterocycles. The smallest absolute Gasteiger partial charge is 0.312 e.